The van der Waals surface area contributed by atoms with Crippen LogP contribution in [0.25, 0.3) is 0 Å². The van der Waals surface area contributed by atoms with Crippen molar-refractivity contribution in [3.63, 3.8) is 0 Å². The Labute approximate surface area is 211 Å². The van der Waals surface area contributed by atoms with E-state index in [0.717, 1.165) is 28.6 Å². The Morgan fingerprint density at radius 3 is 2.85 bits per heavy atom. The van der Waals surface area contributed by atoms with Gasteiger partial charge in [-0.15, -0.1) is 0 Å². The highest BCUT2D eigenvalue weighted by Gasteiger charge is 2.23. The number of urea groups is 1. The maximum Gasteiger partial charge on any atom is 0.328 e. The summed E-state index contributed by atoms with van der Waals surface area (Å²) in [5, 5.41) is 6.21. The van der Waals surface area contributed by atoms with Gasteiger partial charge in [-0.1, -0.05) is 6.07 Å². The van der Waals surface area contributed by atoms with Gasteiger partial charge in [0.2, 0.25) is 0 Å². The fourth-order valence-electron chi connectivity index (χ4n) is 3.62. The fraction of sp³-hybridized carbons (Fsp3) is 0.391. The van der Waals surface area contributed by atoms with Crippen LogP contribution < -0.4 is 15.5 Å². The van der Waals surface area contributed by atoms with E-state index < -0.39 is 6.03 Å². The smallest absolute Gasteiger partial charge is 0.328 e. The zero-order chi connectivity index (χ0) is 24.2. The number of amides is 2. The summed E-state index contributed by atoms with van der Waals surface area (Å²) in [5.74, 6) is 2.76. The van der Waals surface area contributed by atoms with Crippen LogP contribution in [0.3, 0.4) is 0 Å². The average Bonchev–Trinajstić information content (AvgIpc) is 3.66. The Hall–Kier alpha value is -3.02. The van der Waals surface area contributed by atoms with E-state index in [4.69, 9.17) is 0 Å². The highest BCUT2D eigenvalue weighted by atomic mass is 127. The molecule has 2 aromatic rings. The number of nitrogens with one attached hydrogen (secondary N) is 2. The summed E-state index contributed by atoms with van der Waals surface area (Å²) < 4.78 is 0.983. The van der Waals surface area contributed by atoms with Crippen LogP contribution in [-0.4, -0.2) is 77.8 Å². The molecule has 178 valence electrons. The SMILES string of the molecule is CN1CCN(Cc2ccc(N(C)C(=O)Nc3cc(NC4CC4)c(I)cn3)nc2C=O)C(=C=O)C1. The van der Waals surface area contributed by atoms with E-state index in [1.54, 1.807) is 25.4 Å². The van der Waals surface area contributed by atoms with Crippen molar-refractivity contribution in [1.29, 1.82) is 0 Å². The molecule has 0 bridgehead atoms. The number of likely N-dealkylation sites (N-methyl/N-ethyl adjacent to an activating group) is 1. The van der Waals surface area contributed by atoms with Gasteiger partial charge in [-0.3, -0.25) is 19.9 Å². The average molecular weight is 575 g/mol. The predicted octanol–water partition coefficient (Wildman–Crippen LogP) is 2.60. The van der Waals surface area contributed by atoms with Crippen molar-refractivity contribution in [2.75, 3.05) is 49.3 Å². The molecule has 0 unspecified atom stereocenters. The summed E-state index contributed by atoms with van der Waals surface area (Å²) in [6, 6.07) is 5.32. The summed E-state index contributed by atoms with van der Waals surface area (Å²) in [4.78, 5) is 49.9. The van der Waals surface area contributed by atoms with E-state index in [9.17, 15) is 14.4 Å². The van der Waals surface area contributed by atoms with Gasteiger partial charge in [-0.25, -0.2) is 19.6 Å². The first-order valence-electron chi connectivity index (χ1n) is 11.0. The van der Waals surface area contributed by atoms with E-state index in [-0.39, 0.29) is 5.69 Å². The molecule has 34 heavy (non-hydrogen) atoms. The van der Waals surface area contributed by atoms with Crippen molar-refractivity contribution in [1.82, 2.24) is 19.8 Å². The number of carbonyl (C=O) groups is 2. The Morgan fingerprint density at radius 2 is 2.15 bits per heavy atom. The molecule has 1 saturated carbocycles. The number of aromatic nitrogens is 2. The van der Waals surface area contributed by atoms with E-state index in [1.807, 2.05) is 28.9 Å². The maximum atomic E-state index is 12.8. The molecule has 2 aromatic heterocycles. The van der Waals surface area contributed by atoms with Crippen molar-refractivity contribution in [2.45, 2.75) is 25.4 Å². The van der Waals surface area contributed by atoms with Crippen LogP contribution in [0.1, 0.15) is 28.9 Å². The normalized spacial score (nSPS) is 16.1. The minimum Gasteiger partial charge on any atom is -0.381 e. The van der Waals surface area contributed by atoms with Crippen LogP contribution in [0.5, 0.6) is 0 Å². The number of hydrogen-bond donors (Lipinski definition) is 2. The number of anilines is 3. The van der Waals surface area contributed by atoms with Crippen LogP contribution in [0.4, 0.5) is 22.1 Å². The van der Waals surface area contributed by atoms with Gasteiger partial charge in [-0.05, 0) is 48.5 Å². The van der Waals surface area contributed by atoms with Gasteiger partial charge in [0.1, 0.15) is 29.0 Å². The molecule has 0 radical (unpaired) electrons. The Kier molecular flexibility index (Phi) is 7.44. The van der Waals surface area contributed by atoms with Crippen LogP contribution in [-0.2, 0) is 11.3 Å². The number of rotatable bonds is 7. The summed E-state index contributed by atoms with van der Waals surface area (Å²) in [7, 11) is 3.52. The molecule has 2 amide bonds. The lowest BCUT2D eigenvalue weighted by molar-refractivity contribution is 0.111. The third-order valence-corrected chi connectivity index (χ3v) is 6.68. The minimum absolute atomic E-state index is 0.227. The van der Waals surface area contributed by atoms with Gasteiger partial charge in [0.15, 0.2) is 6.29 Å². The molecule has 2 N–H and O–H groups in total. The molecule has 4 rings (SSSR count). The topological polar surface area (TPSA) is 111 Å². The fourth-order valence-corrected chi connectivity index (χ4v) is 4.07. The summed E-state index contributed by atoms with van der Waals surface area (Å²) in [5.41, 5.74) is 2.39. The first-order chi connectivity index (χ1) is 16.4. The largest absolute Gasteiger partial charge is 0.381 e. The number of piperazine rings is 1. The molecule has 3 heterocycles. The molecule has 0 atom stereocenters. The van der Waals surface area contributed by atoms with Crippen molar-refractivity contribution < 1.29 is 14.4 Å². The van der Waals surface area contributed by atoms with Crippen molar-refractivity contribution in [2.24, 2.45) is 0 Å². The second-order valence-electron chi connectivity index (χ2n) is 8.50. The molecule has 2 aliphatic rings. The number of halogens is 1. The van der Waals surface area contributed by atoms with Crippen molar-refractivity contribution in [3.05, 3.63) is 44.9 Å². The molecule has 1 aliphatic carbocycles. The third kappa shape index (κ3) is 5.72. The third-order valence-electron chi connectivity index (χ3n) is 5.82. The lowest BCUT2D eigenvalue weighted by Crippen LogP contribution is -2.42. The maximum absolute atomic E-state index is 12.8. The van der Waals surface area contributed by atoms with E-state index in [0.29, 0.717) is 54.9 Å². The van der Waals surface area contributed by atoms with Crippen LogP contribution in [0, 0.1) is 3.57 Å². The molecule has 0 spiro atoms. The van der Waals surface area contributed by atoms with Gasteiger partial charge in [0, 0.05) is 57.1 Å². The Bertz CT molecular complexity index is 1150. The first-order valence-corrected chi connectivity index (χ1v) is 12.0. The van der Waals surface area contributed by atoms with Gasteiger partial charge < -0.3 is 10.2 Å². The van der Waals surface area contributed by atoms with Crippen LogP contribution >= 0.6 is 22.6 Å². The van der Waals surface area contributed by atoms with E-state index >= 15 is 0 Å². The quantitative estimate of drug-likeness (QED) is 0.295. The summed E-state index contributed by atoms with van der Waals surface area (Å²) in [6.45, 7) is 2.35. The summed E-state index contributed by atoms with van der Waals surface area (Å²) in [6.07, 6.45) is 4.66. The second-order valence-corrected chi connectivity index (χ2v) is 9.66. The van der Waals surface area contributed by atoms with Crippen LogP contribution in [0.15, 0.2) is 30.1 Å². The molecule has 10 nitrogen and oxygen atoms in total. The monoisotopic (exact) mass is 575 g/mol. The lowest BCUT2D eigenvalue weighted by atomic mass is 10.1. The first kappa shape index (κ1) is 24.1. The highest BCUT2D eigenvalue weighted by Crippen LogP contribution is 2.29. The van der Waals surface area contributed by atoms with Gasteiger partial charge in [0.05, 0.1) is 9.26 Å². The number of nitrogens with zero attached hydrogens (tertiary/aromatic N) is 5. The van der Waals surface area contributed by atoms with Gasteiger partial charge >= 0.3 is 6.03 Å². The molecular formula is C23H26IN7O3. The molecular weight excluding hydrogens is 549 g/mol. The van der Waals surface area contributed by atoms with Gasteiger partial charge in [0.25, 0.3) is 0 Å². The number of hydrogen-bond acceptors (Lipinski definition) is 8. The van der Waals surface area contributed by atoms with E-state index in [1.165, 1.54) is 4.90 Å². The standard InChI is InChI=1S/C23H26IN7O3/c1-29-7-8-31(17(12-29)13-32)11-15-3-6-22(27-20(15)14-33)30(2)23(34)28-21-9-19(18(24)10-25-21)26-16-4-5-16/h3,6,9-10,14,16H,4-5,7-8,11-12H2,1-2H3,(H2,25,26,28,34). The number of aldehydes is 1. The highest BCUT2D eigenvalue weighted by molar-refractivity contribution is 14.1. The number of pyridine rings is 2. The van der Waals surface area contributed by atoms with Crippen molar-refractivity contribution in [3.8, 4) is 0 Å². The van der Waals surface area contributed by atoms with Crippen molar-refractivity contribution >= 4 is 58.2 Å². The second kappa shape index (κ2) is 10.5. The Balaban J connectivity index is 1.46. The Morgan fingerprint density at radius 1 is 1.35 bits per heavy atom. The number of carbonyl (C=O) groups excluding carboxylic acids is 3. The summed E-state index contributed by atoms with van der Waals surface area (Å²) >= 11 is 2.21. The zero-order valence-electron chi connectivity index (χ0n) is 19.0. The zero-order valence-corrected chi connectivity index (χ0v) is 21.2. The molecule has 1 saturated heterocycles. The molecule has 1 aliphatic heterocycles. The lowest BCUT2D eigenvalue weighted by Gasteiger charge is -2.34. The molecule has 0 aromatic carbocycles. The molecule has 2 fully saturated rings. The predicted molar refractivity (Wildman–Crippen MR) is 138 cm³/mol. The minimum atomic E-state index is -0.423. The van der Waals surface area contributed by atoms with E-state index in [2.05, 4.69) is 43.2 Å². The van der Waals surface area contributed by atoms with Crippen LogP contribution in [0.2, 0.25) is 0 Å². The molecule has 11 heteroatoms. The van der Waals surface area contributed by atoms with Gasteiger partial charge in [-0.2, -0.15) is 0 Å².